The number of ether oxygens (including phenoxy) is 2. The minimum atomic E-state index is -0.505. The number of aryl methyl sites for hydroxylation is 1. The summed E-state index contributed by atoms with van der Waals surface area (Å²) in [5, 5.41) is 6.06. The lowest BCUT2D eigenvalue weighted by atomic mass is 10.1. The summed E-state index contributed by atoms with van der Waals surface area (Å²) < 4.78 is 27.1. The van der Waals surface area contributed by atoms with Crippen molar-refractivity contribution < 1.29 is 18.7 Å². The fraction of sp³-hybridized carbons (Fsp3) is 0.300. The Bertz CT molecular complexity index is 1110. The first-order chi connectivity index (χ1) is 14.1. The van der Waals surface area contributed by atoms with E-state index in [1.54, 1.807) is 29.8 Å². The van der Waals surface area contributed by atoms with Gasteiger partial charge < -0.3 is 29.4 Å². The van der Waals surface area contributed by atoms with Gasteiger partial charge in [0.2, 0.25) is 6.79 Å². The highest BCUT2D eigenvalue weighted by Crippen LogP contribution is 2.44. The summed E-state index contributed by atoms with van der Waals surface area (Å²) in [5.41, 5.74) is 2.50. The Balaban J connectivity index is 1.45. The number of carbonyl (C=O) groups excluding carboxylic acids is 1. The lowest BCUT2D eigenvalue weighted by Crippen LogP contribution is -2.43. The molecule has 2 aliphatic rings. The molecule has 1 saturated heterocycles. The van der Waals surface area contributed by atoms with Crippen molar-refractivity contribution in [1.82, 2.24) is 14.7 Å². The molecule has 0 spiro atoms. The largest absolute Gasteiger partial charge is 0.453 e. The van der Waals surface area contributed by atoms with Crippen molar-refractivity contribution in [1.29, 1.82) is 0 Å². The number of hydrogen-bond acceptors (Lipinski definition) is 6. The van der Waals surface area contributed by atoms with Crippen LogP contribution in [0.1, 0.15) is 16.1 Å². The van der Waals surface area contributed by atoms with Crippen molar-refractivity contribution in [3.8, 4) is 11.5 Å². The number of aromatic nitrogens is 2. The van der Waals surface area contributed by atoms with E-state index < -0.39 is 11.7 Å². The van der Waals surface area contributed by atoms with Crippen LogP contribution in [0.2, 0.25) is 0 Å². The summed E-state index contributed by atoms with van der Waals surface area (Å²) in [6.07, 6.45) is 3.33. The van der Waals surface area contributed by atoms with Crippen LogP contribution >= 0.6 is 0 Å². The number of nitrogens with zero attached hydrogens (tertiary/aromatic N) is 3. The van der Waals surface area contributed by atoms with Gasteiger partial charge in [-0.3, -0.25) is 4.79 Å². The molecule has 1 aromatic carbocycles. The number of hydrogen-bond donors (Lipinski definition) is 2. The molecule has 2 N–H and O–H groups in total. The van der Waals surface area contributed by atoms with Crippen molar-refractivity contribution in [3.63, 3.8) is 0 Å². The number of rotatable bonds is 3. The Kier molecular flexibility index (Phi) is 4.24. The number of imidazole rings is 1. The van der Waals surface area contributed by atoms with Crippen LogP contribution in [0.25, 0.3) is 5.65 Å². The highest BCUT2D eigenvalue weighted by atomic mass is 19.1. The topological polar surface area (TPSA) is 80.1 Å². The molecule has 29 heavy (non-hydrogen) atoms. The zero-order chi connectivity index (χ0) is 20.0. The third-order valence-corrected chi connectivity index (χ3v) is 5.08. The van der Waals surface area contributed by atoms with Crippen LogP contribution in [0.4, 0.5) is 15.8 Å². The predicted octanol–water partition coefficient (Wildman–Crippen LogP) is 2.17. The number of halogens is 1. The predicted molar refractivity (Wildman–Crippen MR) is 105 cm³/mol. The van der Waals surface area contributed by atoms with Gasteiger partial charge in [0.05, 0.1) is 22.6 Å². The molecule has 0 atom stereocenters. The first kappa shape index (κ1) is 17.7. The number of anilines is 2. The van der Waals surface area contributed by atoms with Crippen LogP contribution in [0.15, 0.2) is 30.6 Å². The Morgan fingerprint density at radius 2 is 2.00 bits per heavy atom. The van der Waals surface area contributed by atoms with Crippen molar-refractivity contribution in [2.45, 2.75) is 6.92 Å². The maximum Gasteiger partial charge on any atom is 0.259 e. The number of carbonyl (C=O) groups is 1. The summed E-state index contributed by atoms with van der Waals surface area (Å²) in [5.74, 6) is 0.0916. The second kappa shape index (κ2) is 6.93. The van der Waals surface area contributed by atoms with E-state index in [2.05, 4.69) is 20.5 Å². The molecular weight excluding hydrogens is 377 g/mol. The first-order valence-electron chi connectivity index (χ1n) is 9.44. The van der Waals surface area contributed by atoms with E-state index >= 15 is 0 Å². The standard InChI is InChI=1S/C20H20FN5O3/c1-12-9-26-10-13(8-15(21)19(26)23-12)24-20(27)14-2-3-16(18-17(14)28-11-29-18)25-6-4-22-5-7-25/h2-3,8-10,22H,4-7,11H2,1H3,(H,24,27). The van der Waals surface area contributed by atoms with Crippen LogP contribution in [0.3, 0.4) is 0 Å². The fourth-order valence-corrected chi connectivity index (χ4v) is 3.76. The van der Waals surface area contributed by atoms with Crippen LogP contribution < -0.4 is 25.0 Å². The van der Waals surface area contributed by atoms with Crippen LogP contribution in [-0.4, -0.2) is 48.3 Å². The maximum atomic E-state index is 14.3. The molecule has 1 amide bonds. The summed E-state index contributed by atoms with van der Waals surface area (Å²) >= 11 is 0. The van der Waals surface area contributed by atoms with Gasteiger partial charge >= 0.3 is 0 Å². The van der Waals surface area contributed by atoms with E-state index in [0.29, 0.717) is 28.4 Å². The van der Waals surface area contributed by atoms with Crippen LogP contribution in [-0.2, 0) is 0 Å². The Hall–Kier alpha value is -3.33. The Labute approximate surface area is 166 Å². The lowest BCUT2D eigenvalue weighted by molar-refractivity contribution is 0.102. The Morgan fingerprint density at radius 3 is 2.83 bits per heavy atom. The summed E-state index contributed by atoms with van der Waals surface area (Å²) in [6.45, 7) is 5.33. The van der Waals surface area contributed by atoms with E-state index in [9.17, 15) is 9.18 Å². The van der Waals surface area contributed by atoms with Crippen molar-refractivity contribution in [2.24, 2.45) is 0 Å². The van der Waals surface area contributed by atoms with E-state index in [1.165, 1.54) is 6.07 Å². The normalized spacial score (nSPS) is 15.7. The molecule has 8 nitrogen and oxygen atoms in total. The van der Waals surface area contributed by atoms with Gasteiger partial charge in [-0.05, 0) is 19.1 Å². The van der Waals surface area contributed by atoms with E-state index in [1.807, 2.05) is 6.07 Å². The van der Waals surface area contributed by atoms with E-state index in [0.717, 1.165) is 31.9 Å². The van der Waals surface area contributed by atoms with Gasteiger partial charge in [-0.2, -0.15) is 0 Å². The van der Waals surface area contributed by atoms with Gasteiger partial charge in [-0.1, -0.05) is 0 Å². The number of pyridine rings is 1. The molecule has 0 unspecified atom stereocenters. The number of benzene rings is 1. The quantitative estimate of drug-likeness (QED) is 0.705. The van der Waals surface area contributed by atoms with Gasteiger partial charge in [0.25, 0.3) is 5.91 Å². The number of amides is 1. The van der Waals surface area contributed by atoms with Crippen LogP contribution in [0, 0.1) is 12.7 Å². The third-order valence-electron chi connectivity index (χ3n) is 5.08. The molecule has 2 aromatic heterocycles. The molecule has 1 fully saturated rings. The molecule has 9 heteroatoms. The van der Waals surface area contributed by atoms with Crippen LogP contribution in [0.5, 0.6) is 11.5 Å². The molecular formula is C20H20FN5O3. The molecule has 150 valence electrons. The van der Waals surface area contributed by atoms with E-state index in [-0.39, 0.29) is 12.4 Å². The molecule has 0 bridgehead atoms. The monoisotopic (exact) mass is 397 g/mol. The summed E-state index contributed by atoms with van der Waals surface area (Å²) in [6, 6.07) is 4.85. The fourth-order valence-electron chi connectivity index (χ4n) is 3.76. The average molecular weight is 397 g/mol. The van der Waals surface area contributed by atoms with Crippen molar-refractivity contribution in [3.05, 3.63) is 47.7 Å². The van der Waals surface area contributed by atoms with Gasteiger partial charge in [0.15, 0.2) is 23.0 Å². The molecule has 2 aliphatic heterocycles. The smallest absolute Gasteiger partial charge is 0.259 e. The minimum Gasteiger partial charge on any atom is -0.453 e. The molecule has 4 heterocycles. The molecule has 0 radical (unpaired) electrons. The number of piperazine rings is 1. The molecule has 0 aliphatic carbocycles. The van der Waals surface area contributed by atoms with E-state index in [4.69, 9.17) is 9.47 Å². The lowest BCUT2D eigenvalue weighted by Gasteiger charge is -2.30. The Morgan fingerprint density at radius 1 is 1.21 bits per heavy atom. The van der Waals surface area contributed by atoms with Gasteiger partial charge in [0.1, 0.15) is 0 Å². The van der Waals surface area contributed by atoms with Gasteiger partial charge in [-0.25, -0.2) is 9.37 Å². The summed E-state index contributed by atoms with van der Waals surface area (Å²) in [7, 11) is 0. The average Bonchev–Trinajstić information content (AvgIpc) is 3.34. The number of nitrogens with one attached hydrogen (secondary N) is 2. The zero-order valence-electron chi connectivity index (χ0n) is 15.9. The second-order valence-electron chi connectivity index (χ2n) is 7.08. The molecule has 0 saturated carbocycles. The molecule has 5 rings (SSSR count). The molecule has 3 aromatic rings. The second-order valence-corrected chi connectivity index (χ2v) is 7.08. The van der Waals surface area contributed by atoms with Crippen molar-refractivity contribution in [2.75, 3.05) is 43.2 Å². The SMILES string of the molecule is Cc1cn2cc(NC(=O)c3ccc(N4CCNCC4)c4c3OCO4)cc(F)c2n1. The minimum absolute atomic E-state index is 0.0631. The highest BCUT2D eigenvalue weighted by Gasteiger charge is 2.28. The highest BCUT2D eigenvalue weighted by molar-refractivity contribution is 6.07. The number of fused-ring (bicyclic) bond motifs is 2. The first-order valence-corrected chi connectivity index (χ1v) is 9.44. The third kappa shape index (κ3) is 3.13. The zero-order valence-corrected chi connectivity index (χ0v) is 15.9. The maximum absolute atomic E-state index is 14.3. The summed E-state index contributed by atoms with van der Waals surface area (Å²) in [4.78, 5) is 19.2. The van der Waals surface area contributed by atoms with Gasteiger partial charge in [-0.15, -0.1) is 0 Å². The van der Waals surface area contributed by atoms with Crippen molar-refractivity contribution >= 4 is 22.9 Å². The van der Waals surface area contributed by atoms with Gasteiger partial charge in [0, 0.05) is 44.6 Å².